The van der Waals surface area contributed by atoms with Gasteiger partial charge in [0.1, 0.15) is 0 Å². The van der Waals surface area contributed by atoms with Crippen molar-refractivity contribution in [1.29, 1.82) is 0 Å². The minimum atomic E-state index is -0.385. The second kappa shape index (κ2) is 7.39. The van der Waals surface area contributed by atoms with Crippen LogP contribution >= 0.6 is 15.9 Å². The molecule has 0 spiro atoms. The molecule has 3 nitrogen and oxygen atoms in total. The quantitative estimate of drug-likeness (QED) is 0.873. The van der Waals surface area contributed by atoms with E-state index in [-0.39, 0.29) is 6.10 Å². The molecular weight excluding hydrogens is 306 g/mol. The Morgan fingerprint density at radius 1 is 1.21 bits per heavy atom. The van der Waals surface area contributed by atoms with Crippen LogP contribution in [-0.2, 0) is 0 Å². The summed E-state index contributed by atoms with van der Waals surface area (Å²) in [5, 5.41) is 19.3. The van der Waals surface area contributed by atoms with Gasteiger partial charge in [-0.2, -0.15) is 0 Å². The van der Waals surface area contributed by atoms with E-state index in [0.29, 0.717) is 12.5 Å². The summed E-state index contributed by atoms with van der Waals surface area (Å²) in [5.74, 6) is 0.479. The number of aliphatic hydroxyl groups excluding tert-OH is 2. The Balaban J connectivity index is 1.75. The van der Waals surface area contributed by atoms with Crippen molar-refractivity contribution in [2.75, 3.05) is 26.2 Å². The summed E-state index contributed by atoms with van der Waals surface area (Å²) in [4.78, 5) is 2.38. The summed E-state index contributed by atoms with van der Waals surface area (Å²) in [6.45, 7) is 3.32. The lowest BCUT2D eigenvalue weighted by Gasteiger charge is -2.31. The molecule has 0 amide bonds. The average Bonchev–Trinajstić information content (AvgIpc) is 2.46. The average molecular weight is 328 g/mol. The molecule has 0 aromatic heterocycles. The predicted molar refractivity (Wildman–Crippen MR) is 80.0 cm³/mol. The third kappa shape index (κ3) is 4.56. The first kappa shape index (κ1) is 15.0. The lowest BCUT2D eigenvalue weighted by Crippen LogP contribution is -2.35. The van der Waals surface area contributed by atoms with Crippen LogP contribution in [0.15, 0.2) is 28.7 Å². The van der Waals surface area contributed by atoms with E-state index in [9.17, 15) is 5.11 Å². The number of benzene rings is 1. The summed E-state index contributed by atoms with van der Waals surface area (Å²) in [5.41, 5.74) is 0.980. The second-order valence-corrected chi connectivity index (χ2v) is 6.24. The van der Waals surface area contributed by atoms with Gasteiger partial charge < -0.3 is 15.1 Å². The molecule has 0 radical (unpaired) electrons. The van der Waals surface area contributed by atoms with Crippen LogP contribution in [0.3, 0.4) is 0 Å². The second-order valence-electron chi connectivity index (χ2n) is 5.32. The van der Waals surface area contributed by atoms with Gasteiger partial charge in [-0.15, -0.1) is 0 Å². The van der Waals surface area contributed by atoms with Crippen LogP contribution in [0.1, 0.15) is 30.9 Å². The topological polar surface area (TPSA) is 43.7 Å². The van der Waals surface area contributed by atoms with E-state index in [1.807, 2.05) is 24.3 Å². The van der Waals surface area contributed by atoms with E-state index in [4.69, 9.17) is 5.11 Å². The van der Waals surface area contributed by atoms with E-state index in [1.54, 1.807) is 0 Å². The fraction of sp³-hybridized carbons (Fsp3) is 0.600. The number of hydrogen-bond donors (Lipinski definition) is 2. The van der Waals surface area contributed by atoms with Gasteiger partial charge in [0, 0.05) is 17.6 Å². The van der Waals surface area contributed by atoms with Gasteiger partial charge in [0.25, 0.3) is 0 Å². The highest BCUT2D eigenvalue weighted by Gasteiger charge is 2.19. The normalized spacial score (nSPS) is 19.5. The molecule has 1 saturated heterocycles. The van der Waals surface area contributed by atoms with Crippen LogP contribution in [-0.4, -0.2) is 41.4 Å². The number of halogens is 1. The Bertz CT molecular complexity index is 374. The van der Waals surface area contributed by atoms with Crippen LogP contribution in [0, 0.1) is 5.92 Å². The zero-order valence-corrected chi connectivity index (χ0v) is 12.7. The van der Waals surface area contributed by atoms with E-state index in [0.717, 1.165) is 48.9 Å². The molecule has 0 aliphatic carbocycles. The van der Waals surface area contributed by atoms with Crippen LogP contribution in [0.2, 0.25) is 0 Å². The number of piperidine rings is 1. The molecular formula is C15H22BrNO2. The highest BCUT2D eigenvalue weighted by Crippen LogP contribution is 2.21. The molecule has 1 aliphatic rings. The van der Waals surface area contributed by atoms with E-state index < -0.39 is 0 Å². The van der Waals surface area contributed by atoms with Crippen LogP contribution < -0.4 is 0 Å². The largest absolute Gasteiger partial charge is 0.396 e. The number of aliphatic hydroxyl groups is 2. The zero-order valence-electron chi connectivity index (χ0n) is 11.1. The summed E-state index contributed by atoms with van der Waals surface area (Å²) in [7, 11) is 0. The van der Waals surface area contributed by atoms with Crippen molar-refractivity contribution in [2.24, 2.45) is 5.92 Å². The van der Waals surface area contributed by atoms with Gasteiger partial charge in [0.2, 0.25) is 0 Å². The van der Waals surface area contributed by atoms with Gasteiger partial charge in [0.05, 0.1) is 6.10 Å². The van der Waals surface area contributed by atoms with Gasteiger partial charge in [-0.3, -0.25) is 0 Å². The summed E-state index contributed by atoms with van der Waals surface area (Å²) < 4.78 is 1.04. The summed E-state index contributed by atoms with van der Waals surface area (Å²) >= 11 is 3.40. The smallest absolute Gasteiger partial charge is 0.0802 e. The van der Waals surface area contributed by atoms with Crippen molar-refractivity contribution in [3.63, 3.8) is 0 Å². The minimum absolute atomic E-state index is 0.315. The van der Waals surface area contributed by atoms with Gasteiger partial charge in [-0.25, -0.2) is 0 Å². The van der Waals surface area contributed by atoms with E-state index in [2.05, 4.69) is 20.8 Å². The van der Waals surface area contributed by atoms with Crippen molar-refractivity contribution in [1.82, 2.24) is 4.90 Å². The summed E-state index contributed by atoms with van der Waals surface area (Å²) in [6, 6.07) is 7.86. The Morgan fingerprint density at radius 2 is 1.84 bits per heavy atom. The molecule has 0 saturated carbocycles. The Hall–Kier alpha value is -0.420. The molecule has 106 valence electrons. The Labute approximate surface area is 123 Å². The molecule has 1 aromatic rings. The number of likely N-dealkylation sites (tertiary alicyclic amines) is 1. The molecule has 4 heteroatoms. The van der Waals surface area contributed by atoms with Crippen molar-refractivity contribution in [3.05, 3.63) is 34.3 Å². The fourth-order valence-corrected chi connectivity index (χ4v) is 2.81. The molecule has 1 heterocycles. The van der Waals surface area contributed by atoms with Crippen molar-refractivity contribution in [3.8, 4) is 0 Å². The Morgan fingerprint density at radius 3 is 2.42 bits per heavy atom. The van der Waals surface area contributed by atoms with Crippen LogP contribution in [0.5, 0.6) is 0 Å². The SMILES string of the molecule is OCC1CCN(CCC(O)c2ccc(Br)cc2)CC1. The monoisotopic (exact) mass is 327 g/mol. The molecule has 1 unspecified atom stereocenters. The molecule has 1 aromatic carbocycles. The first-order chi connectivity index (χ1) is 9.19. The maximum absolute atomic E-state index is 10.2. The van der Waals surface area contributed by atoms with E-state index in [1.165, 1.54) is 0 Å². The van der Waals surface area contributed by atoms with Gasteiger partial charge in [-0.1, -0.05) is 28.1 Å². The third-order valence-corrected chi connectivity index (χ3v) is 4.47. The van der Waals surface area contributed by atoms with E-state index >= 15 is 0 Å². The first-order valence-corrected chi connectivity index (χ1v) is 7.75. The van der Waals surface area contributed by atoms with Gasteiger partial charge in [0.15, 0.2) is 0 Å². The summed E-state index contributed by atoms with van der Waals surface area (Å²) in [6.07, 6.45) is 2.53. The molecule has 1 atom stereocenters. The van der Waals surface area contributed by atoms with Crippen molar-refractivity contribution >= 4 is 15.9 Å². The molecule has 19 heavy (non-hydrogen) atoms. The third-order valence-electron chi connectivity index (χ3n) is 3.94. The number of rotatable bonds is 5. The molecule has 2 N–H and O–H groups in total. The van der Waals surface area contributed by atoms with Crippen LogP contribution in [0.25, 0.3) is 0 Å². The maximum Gasteiger partial charge on any atom is 0.0802 e. The number of nitrogens with zero attached hydrogens (tertiary/aromatic N) is 1. The minimum Gasteiger partial charge on any atom is -0.396 e. The highest BCUT2D eigenvalue weighted by atomic mass is 79.9. The van der Waals surface area contributed by atoms with Crippen molar-refractivity contribution in [2.45, 2.75) is 25.4 Å². The lowest BCUT2D eigenvalue weighted by molar-refractivity contribution is 0.105. The molecule has 2 rings (SSSR count). The lowest BCUT2D eigenvalue weighted by atomic mass is 9.97. The standard InChI is InChI=1S/C15H22BrNO2/c16-14-3-1-13(2-4-14)15(19)7-10-17-8-5-12(11-18)6-9-17/h1-4,12,15,18-19H,5-11H2. The van der Waals surface area contributed by atoms with Crippen molar-refractivity contribution < 1.29 is 10.2 Å². The Kier molecular flexibility index (Phi) is 5.82. The first-order valence-electron chi connectivity index (χ1n) is 6.96. The predicted octanol–water partition coefficient (Wildman–Crippen LogP) is 2.58. The fourth-order valence-electron chi connectivity index (χ4n) is 2.55. The number of hydrogen-bond acceptors (Lipinski definition) is 3. The maximum atomic E-state index is 10.2. The highest BCUT2D eigenvalue weighted by molar-refractivity contribution is 9.10. The van der Waals surface area contributed by atoms with Crippen LogP contribution in [0.4, 0.5) is 0 Å². The van der Waals surface area contributed by atoms with Gasteiger partial charge >= 0.3 is 0 Å². The molecule has 1 fully saturated rings. The zero-order chi connectivity index (χ0) is 13.7. The molecule has 1 aliphatic heterocycles. The van der Waals surface area contributed by atoms with Gasteiger partial charge in [-0.05, 0) is 56.0 Å². The molecule has 0 bridgehead atoms.